The van der Waals surface area contributed by atoms with Crippen LogP contribution in [-0.2, 0) is 0 Å². The van der Waals surface area contributed by atoms with Crippen molar-refractivity contribution in [3.63, 3.8) is 0 Å². The van der Waals surface area contributed by atoms with Gasteiger partial charge in [0.1, 0.15) is 11.6 Å². The Morgan fingerprint density at radius 3 is 2.04 bits per heavy atom. The zero-order chi connectivity index (χ0) is 17.8. The Labute approximate surface area is 159 Å². The Morgan fingerprint density at radius 1 is 1.08 bits per heavy atom. The molecule has 1 aliphatic rings. The first-order valence-corrected chi connectivity index (χ1v) is 8.45. The number of halogens is 3. The van der Waals surface area contributed by atoms with Crippen molar-refractivity contribution in [3.8, 4) is 6.07 Å². The van der Waals surface area contributed by atoms with Crippen LogP contribution in [0.4, 0.5) is 8.78 Å². The van der Waals surface area contributed by atoms with E-state index in [-0.39, 0.29) is 42.2 Å². The van der Waals surface area contributed by atoms with Crippen molar-refractivity contribution in [2.45, 2.75) is 31.5 Å². The molecule has 0 radical (unpaired) electrons. The molecule has 2 aromatic rings. The summed E-state index contributed by atoms with van der Waals surface area (Å²) in [7, 11) is 0. The zero-order valence-corrected chi connectivity index (χ0v) is 15.3. The quantitative estimate of drug-likeness (QED) is 0.873. The first-order chi connectivity index (χ1) is 12.1. The molecule has 1 fully saturated rings. The third-order valence-corrected chi connectivity index (χ3v) is 4.69. The van der Waals surface area contributed by atoms with Gasteiger partial charge in [0.05, 0.1) is 18.5 Å². The first kappa shape index (κ1) is 20.3. The highest BCUT2D eigenvalue weighted by atomic mass is 35.5. The lowest BCUT2D eigenvalue weighted by atomic mass is 9.93. The maximum absolute atomic E-state index is 13.4. The number of nitrogens with zero attached hydrogens (tertiary/aromatic N) is 2. The number of nitrogens with one attached hydrogen (secondary N) is 1. The Bertz CT molecular complexity index is 698. The largest absolute Gasteiger partial charge is 0.311 e. The smallest absolute Gasteiger partial charge is 0.123 e. The maximum Gasteiger partial charge on any atom is 0.123 e. The molecule has 0 unspecified atom stereocenters. The van der Waals surface area contributed by atoms with Gasteiger partial charge in [-0.1, -0.05) is 24.3 Å². The number of rotatable bonds is 4. The topological polar surface area (TPSA) is 39.1 Å². The van der Waals surface area contributed by atoms with Gasteiger partial charge in [-0.3, -0.25) is 4.90 Å². The summed E-state index contributed by atoms with van der Waals surface area (Å²) < 4.78 is 26.8. The van der Waals surface area contributed by atoms with Crippen molar-refractivity contribution in [1.29, 1.82) is 5.26 Å². The minimum atomic E-state index is -0.288. The van der Waals surface area contributed by atoms with E-state index in [9.17, 15) is 14.0 Å². The van der Waals surface area contributed by atoms with Gasteiger partial charge in [0.25, 0.3) is 0 Å². The standard InChI is InChI=1S/C20H21F2N3.ClH/c1-14-13-25(19(10-11-23)12-24-14)20(15-2-6-17(21)7-3-15)16-4-8-18(22)9-5-16;/h2-9,14,19-20,24H,10,12-13H2,1H3;1H/t14-,19+;/m0./s1. The van der Waals surface area contributed by atoms with Crippen molar-refractivity contribution in [3.05, 3.63) is 71.3 Å². The Hall–Kier alpha value is -2.00. The fraction of sp³-hybridized carbons (Fsp3) is 0.350. The van der Waals surface area contributed by atoms with E-state index < -0.39 is 0 Å². The van der Waals surface area contributed by atoms with Gasteiger partial charge in [0.2, 0.25) is 0 Å². The fourth-order valence-electron chi connectivity index (χ4n) is 3.46. The SMILES string of the molecule is C[C@H]1CN(C(c2ccc(F)cc2)c2ccc(F)cc2)[C@H](CC#N)CN1.Cl. The highest BCUT2D eigenvalue weighted by Gasteiger charge is 2.33. The van der Waals surface area contributed by atoms with Crippen LogP contribution in [0.3, 0.4) is 0 Å². The third kappa shape index (κ3) is 4.59. The molecular formula is C20H22ClF2N3. The number of benzene rings is 2. The molecular weight excluding hydrogens is 356 g/mol. The lowest BCUT2D eigenvalue weighted by molar-refractivity contribution is 0.105. The summed E-state index contributed by atoms with van der Waals surface area (Å²) in [5.41, 5.74) is 1.87. The maximum atomic E-state index is 13.4. The summed E-state index contributed by atoms with van der Waals surface area (Å²) in [4.78, 5) is 2.27. The summed E-state index contributed by atoms with van der Waals surface area (Å²) in [6, 6.07) is 15.2. The number of hydrogen-bond donors (Lipinski definition) is 1. The predicted octanol–water partition coefficient (Wildman–Crippen LogP) is 4.05. The highest BCUT2D eigenvalue weighted by Crippen LogP contribution is 2.32. The van der Waals surface area contributed by atoms with E-state index in [4.69, 9.17) is 0 Å². The van der Waals surface area contributed by atoms with Gasteiger partial charge >= 0.3 is 0 Å². The summed E-state index contributed by atoms with van der Waals surface area (Å²) in [5.74, 6) is -0.576. The highest BCUT2D eigenvalue weighted by molar-refractivity contribution is 5.85. The van der Waals surface area contributed by atoms with E-state index in [1.807, 2.05) is 0 Å². The molecule has 0 spiro atoms. The molecule has 1 N–H and O–H groups in total. The van der Waals surface area contributed by atoms with E-state index in [0.29, 0.717) is 13.0 Å². The molecule has 1 aliphatic heterocycles. The number of hydrogen-bond acceptors (Lipinski definition) is 3. The molecule has 3 rings (SSSR count). The Kier molecular flexibility index (Phi) is 7.10. The molecule has 2 atom stereocenters. The van der Waals surface area contributed by atoms with Crippen LogP contribution < -0.4 is 5.32 Å². The van der Waals surface area contributed by atoms with Gasteiger partial charge in [-0.25, -0.2) is 8.78 Å². The van der Waals surface area contributed by atoms with Crippen molar-refractivity contribution in [1.82, 2.24) is 10.2 Å². The molecule has 0 amide bonds. The van der Waals surface area contributed by atoms with Crippen LogP contribution in [0.1, 0.15) is 30.5 Å². The van der Waals surface area contributed by atoms with Gasteiger partial charge in [-0.05, 0) is 42.3 Å². The summed E-state index contributed by atoms with van der Waals surface area (Å²) in [5, 5.41) is 12.6. The van der Waals surface area contributed by atoms with Crippen LogP contribution in [0, 0.1) is 23.0 Å². The van der Waals surface area contributed by atoms with Crippen LogP contribution in [0.15, 0.2) is 48.5 Å². The van der Waals surface area contributed by atoms with Crippen LogP contribution in [0.25, 0.3) is 0 Å². The monoisotopic (exact) mass is 377 g/mol. The van der Waals surface area contributed by atoms with Gasteiger partial charge in [-0.15, -0.1) is 12.4 Å². The molecule has 2 aromatic carbocycles. The lowest BCUT2D eigenvalue weighted by Gasteiger charge is -2.43. The summed E-state index contributed by atoms with van der Waals surface area (Å²) >= 11 is 0. The van der Waals surface area contributed by atoms with Crippen molar-refractivity contribution in [2.24, 2.45) is 0 Å². The van der Waals surface area contributed by atoms with E-state index >= 15 is 0 Å². The first-order valence-electron chi connectivity index (χ1n) is 8.45. The minimum absolute atomic E-state index is 0. The minimum Gasteiger partial charge on any atom is -0.311 e. The normalized spacial score (nSPS) is 20.4. The number of nitriles is 1. The second-order valence-electron chi connectivity index (χ2n) is 6.53. The second-order valence-corrected chi connectivity index (χ2v) is 6.53. The molecule has 3 nitrogen and oxygen atoms in total. The van der Waals surface area contributed by atoms with Crippen LogP contribution in [0.2, 0.25) is 0 Å². The number of piperazine rings is 1. The molecule has 0 bridgehead atoms. The van der Waals surface area contributed by atoms with Crippen molar-refractivity contribution in [2.75, 3.05) is 13.1 Å². The Morgan fingerprint density at radius 2 is 1.58 bits per heavy atom. The van der Waals surface area contributed by atoms with Gasteiger partial charge in [0.15, 0.2) is 0 Å². The molecule has 0 aliphatic carbocycles. The summed E-state index contributed by atoms with van der Waals surface area (Å²) in [6.07, 6.45) is 0.401. The van der Waals surface area contributed by atoms with E-state index in [0.717, 1.165) is 17.7 Å². The predicted molar refractivity (Wildman–Crippen MR) is 100 cm³/mol. The molecule has 6 heteroatoms. The zero-order valence-electron chi connectivity index (χ0n) is 14.5. The van der Waals surface area contributed by atoms with Crippen LogP contribution >= 0.6 is 12.4 Å². The molecule has 138 valence electrons. The molecule has 0 saturated carbocycles. The average molecular weight is 378 g/mol. The third-order valence-electron chi connectivity index (χ3n) is 4.69. The molecule has 26 heavy (non-hydrogen) atoms. The fourth-order valence-corrected chi connectivity index (χ4v) is 3.46. The molecule has 1 heterocycles. The summed E-state index contributed by atoms with van der Waals surface area (Å²) in [6.45, 7) is 3.57. The average Bonchev–Trinajstić information content (AvgIpc) is 2.61. The van der Waals surface area contributed by atoms with Gasteiger partial charge in [-0.2, -0.15) is 5.26 Å². The van der Waals surface area contributed by atoms with Crippen LogP contribution in [0.5, 0.6) is 0 Å². The van der Waals surface area contributed by atoms with Crippen molar-refractivity contribution >= 4 is 12.4 Å². The van der Waals surface area contributed by atoms with Crippen molar-refractivity contribution < 1.29 is 8.78 Å². The Balaban J connectivity index is 0.00000243. The molecule has 1 saturated heterocycles. The van der Waals surface area contributed by atoms with E-state index in [1.165, 1.54) is 24.3 Å². The lowest BCUT2D eigenvalue weighted by Crippen LogP contribution is -2.56. The molecule has 0 aromatic heterocycles. The van der Waals surface area contributed by atoms with Gasteiger partial charge < -0.3 is 5.32 Å². The van der Waals surface area contributed by atoms with E-state index in [2.05, 4.69) is 23.2 Å². The van der Waals surface area contributed by atoms with Crippen LogP contribution in [-0.4, -0.2) is 30.1 Å². The second kappa shape index (κ2) is 9.09. The van der Waals surface area contributed by atoms with E-state index in [1.54, 1.807) is 24.3 Å². The van der Waals surface area contributed by atoms with Gasteiger partial charge in [0, 0.05) is 25.2 Å².